The Kier molecular flexibility index (Phi) is 5.75. The van der Waals surface area contributed by atoms with Crippen molar-refractivity contribution in [2.75, 3.05) is 39.4 Å². The molecule has 2 heterocycles. The maximum absolute atomic E-state index is 5.57. The molecule has 0 aromatic rings. The largest absolute Gasteiger partial charge is 0.381 e. The third-order valence-electron chi connectivity index (χ3n) is 4.30. The molecule has 0 aromatic heterocycles. The Morgan fingerprint density at radius 1 is 1.12 bits per heavy atom. The second kappa shape index (κ2) is 7.34. The van der Waals surface area contributed by atoms with Gasteiger partial charge in [-0.2, -0.15) is 0 Å². The van der Waals surface area contributed by atoms with Gasteiger partial charge in [0.25, 0.3) is 0 Å². The van der Waals surface area contributed by atoms with E-state index in [0.29, 0.717) is 0 Å². The van der Waals surface area contributed by atoms with Crippen LogP contribution in [0, 0.1) is 5.92 Å². The molecule has 0 radical (unpaired) electrons. The molecule has 17 heavy (non-hydrogen) atoms. The summed E-state index contributed by atoms with van der Waals surface area (Å²) in [5, 5.41) is 3.46. The Bertz CT molecular complexity index is 196. The molecule has 3 heteroatoms. The Balaban J connectivity index is 1.81. The predicted octanol–water partition coefficient (Wildman–Crippen LogP) is 1.88. The summed E-state index contributed by atoms with van der Waals surface area (Å²) in [4.78, 5) is 2.71. The van der Waals surface area contributed by atoms with Gasteiger partial charge in [-0.1, -0.05) is 6.92 Å². The summed E-state index contributed by atoms with van der Waals surface area (Å²) in [6.07, 6.45) is 6.53. The summed E-state index contributed by atoms with van der Waals surface area (Å²) < 4.78 is 5.57. The summed E-state index contributed by atoms with van der Waals surface area (Å²) >= 11 is 0. The summed E-state index contributed by atoms with van der Waals surface area (Å²) in [7, 11) is 0. The van der Waals surface area contributed by atoms with Crippen LogP contribution in [0.3, 0.4) is 0 Å². The van der Waals surface area contributed by atoms with Gasteiger partial charge in [0.15, 0.2) is 0 Å². The molecule has 2 saturated heterocycles. The van der Waals surface area contributed by atoms with Crippen LogP contribution in [0.2, 0.25) is 0 Å². The quantitative estimate of drug-likeness (QED) is 0.812. The van der Waals surface area contributed by atoms with Gasteiger partial charge in [-0.15, -0.1) is 0 Å². The van der Waals surface area contributed by atoms with Crippen molar-refractivity contribution in [2.45, 2.75) is 45.1 Å². The minimum Gasteiger partial charge on any atom is -0.381 e. The summed E-state index contributed by atoms with van der Waals surface area (Å²) in [5.74, 6) is 0.917. The standard InChI is InChI=1S/C14H28N2O/c1-2-16(12-13-5-8-15-9-6-13)14-4-3-10-17-11-7-14/h13-15H,2-12H2,1H3. The number of rotatable bonds is 4. The highest BCUT2D eigenvalue weighted by Crippen LogP contribution is 2.20. The number of piperidine rings is 1. The third kappa shape index (κ3) is 4.23. The third-order valence-corrected chi connectivity index (χ3v) is 4.30. The van der Waals surface area contributed by atoms with Gasteiger partial charge in [-0.3, -0.25) is 0 Å². The zero-order valence-corrected chi connectivity index (χ0v) is 11.3. The maximum atomic E-state index is 5.57. The molecule has 3 nitrogen and oxygen atoms in total. The van der Waals surface area contributed by atoms with Crippen LogP contribution in [0.1, 0.15) is 39.0 Å². The molecule has 2 aliphatic heterocycles. The van der Waals surface area contributed by atoms with Crippen LogP contribution in [0.5, 0.6) is 0 Å². The first kappa shape index (κ1) is 13.3. The average Bonchev–Trinajstić information content (AvgIpc) is 2.66. The lowest BCUT2D eigenvalue weighted by Gasteiger charge is -2.34. The van der Waals surface area contributed by atoms with Gasteiger partial charge in [0.05, 0.1) is 0 Å². The average molecular weight is 240 g/mol. The van der Waals surface area contributed by atoms with Crippen LogP contribution in [0.15, 0.2) is 0 Å². The van der Waals surface area contributed by atoms with Crippen LogP contribution in [0.4, 0.5) is 0 Å². The lowest BCUT2D eigenvalue weighted by molar-refractivity contribution is 0.120. The molecule has 0 bridgehead atoms. The lowest BCUT2D eigenvalue weighted by Crippen LogP contribution is -2.41. The first-order valence-electron chi connectivity index (χ1n) is 7.42. The monoisotopic (exact) mass is 240 g/mol. The van der Waals surface area contributed by atoms with Gasteiger partial charge < -0.3 is 15.0 Å². The number of nitrogens with zero attached hydrogens (tertiary/aromatic N) is 1. The second-order valence-corrected chi connectivity index (χ2v) is 5.48. The van der Waals surface area contributed by atoms with Crippen LogP contribution >= 0.6 is 0 Å². The molecule has 0 aliphatic carbocycles. The van der Waals surface area contributed by atoms with Crippen molar-refractivity contribution < 1.29 is 4.74 Å². The van der Waals surface area contributed by atoms with Gasteiger partial charge in [-0.25, -0.2) is 0 Å². The van der Waals surface area contributed by atoms with Gasteiger partial charge in [-0.05, 0) is 57.7 Å². The van der Waals surface area contributed by atoms with Crippen LogP contribution in [-0.2, 0) is 4.74 Å². The predicted molar refractivity (Wildman–Crippen MR) is 71.3 cm³/mol. The van der Waals surface area contributed by atoms with Gasteiger partial charge in [0, 0.05) is 25.8 Å². The van der Waals surface area contributed by atoms with Crippen molar-refractivity contribution in [2.24, 2.45) is 5.92 Å². The number of ether oxygens (including phenoxy) is 1. The van der Waals surface area contributed by atoms with Crippen molar-refractivity contribution >= 4 is 0 Å². The van der Waals surface area contributed by atoms with E-state index in [9.17, 15) is 0 Å². The van der Waals surface area contributed by atoms with Crippen molar-refractivity contribution in [3.8, 4) is 0 Å². The molecule has 1 N–H and O–H groups in total. The zero-order chi connectivity index (χ0) is 11.9. The van der Waals surface area contributed by atoms with E-state index in [0.717, 1.165) is 25.2 Å². The molecule has 1 unspecified atom stereocenters. The van der Waals surface area contributed by atoms with Gasteiger partial charge in [0.1, 0.15) is 0 Å². The minimum atomic E-state index is 0.775. The highest BCUT2D eigenvalue weighted by Gasteiger charge is 2.22. The molecule has 1 atom stereocenters. The molecule has 0 amide bonds. The fourth-order valence-corrected chi connectivity index (χ4v) is 3.18. The summed E-state index contributed by atoms with van der Waals surface area (Å²) in [6.45, 7) is 9.20. The summed E-state index contributed by atoms with van der Waals surface area (Å²) in [6, 6.07) is 0.775. The molecule has 2 rings (SSSR count). The highest BCUT2D eigenvalue weighted by atomic mass is 16.5. The Hall–Kier alpha value is -0.120. The normalized spacial score (nSPS) is 28.2. The molecule has 0 saturated carbocycles. The van der Waals surface area contributed by atoms with E-state index in [-0.39, 0.29) is 0 Å². The van der Waals surface area contributed by atoms with Crippen molar-refractivity contribution in [1.82, 2.24) is 10.2 Å². The molecule has 2 aliphatic rings. The molecule has 0 spiro atoms. The van der Waals surface area contributed by atoms with Crippen molar-refractivity contribution in [3.05, 3.63) is 0 Å². The van der Waals surface area contributed by atoms with Crippen LogP contribution in [0.25, 0.3) is 0 Å². The van der Waals surface area contributed by atoms with Crippen molar-refractivity contribution in [3.63, 3.8) is 0 Å². The fourth-order valence-electron chi connectivity index (χ4n) is 3.18. The van der Waals surface area contributed by atoms with E-state index < -0.39 is 0 Å². The SMILES string of the molecule is CCN(CC1CCNCC1)C1CCCOCC1. The molecular weight excluding hydrogens is 212 g/mol. The topological polar surface area (TPSA) is 24.5 Å². The number of nitrogens with one attached hydrogen (secondary N) is 1. The molecule has 2 fully saturated rings. The maximum Gasteiger partial charge on any atom is 0.0480 e. The van der Waals surface area contributed by atoms with E-state index in [2.05, 4.69) is 17.1 Å². The number of hydrogen-bond acceptors (Lipinski definition) is 3. The second-order valence-electron chi connectivity index (χ2n) is 5.48. The highest BCUT2D eigenvalue weighted by molar-refractivity contribution is 4.78. The summed E-state index contributed by atoms with van der Waals surface area (Å²) in [5.41, 5.74) is 0. The first-order chi connectivity index (χ1) is 8.40. The zero-order valence-electron chi connectivity index (χ0n) is 11.3. The van der Waals surface area contributed by atoms with Crippen LogP contribution < -0.4 is 5.32 Å². The van der Waals surface area contributed by atoms with E-state index in [4.69, 9.17) is 4.74 Å². The van der Waals surface area contributed by atoms with E-state index >= 15 is 0 Å². The fraction of sp³-hybridized carbons (Fsp3) is 1.00. The Labute approximate surface area is 106 Å². The lowest BCUT2D eigenvalue weighted by atomic mass is 9.96. The van der Waals surface area contributed by atoms with E-state index in [1.165, 1.54) is 58.3 Å². The smallest absolute Gasteiger partial charge is 0.0480 e. The molecular formula is C14H28N2O. The minimum absolute atomic E-state index is 0.775. The van der Waals surface area contributed by atoms with E-state index in [1.54, 1.807) is 0 Å². The van der Waals surface area contributed by atoms with Crippen molar-refractivity contribution in [1.29, 1.82) is 0 Å². The molecule has 100 valence electrons. The Morgan fingerprint density at radius 3 is 2.71 bits per heavy atom. The van der Waals surface area contributed by atoms with E-state index in [1.807, 2.05) is 0 Å². The first-order valence-corrected chi connectivity index (χ1v) is 7.42. The van der Waals surface area contributed by atoms with Gasteiger partial charge >= 0.3 is 0 Å². The molecule has 0 aromatic carbocycles. The van der Waals surface area contributed by atoms with Gasteiger partial charge in [0.2, 0.25) is 0 Å². The number of hydrogen-bond donors (Lipinski definition) is 1. The van der Waals surface area contributed by atoms with Crippen LogP contribution in [-0.4, -0.2) is 50.3 Å². The Morgan fingerprint density at radius 2 is 1.94 bits per heavy atom.